The number of thiophene rings is 1. The molecule has 23 heavy (non-hydrogen) atoms. The molecular weight excluding hydrogens is 328 g/mol. The monoisotopic (exact) mass is 342 g/mol. The number of nitrogens with one attached hydrogen (secondary N) is 1. The number of rotatable bonds is 2. The number of aromatic amines is 1. The molecule has 6 heteroatoms. The molecule has 4 nitrogen and oxygen atoms in total. The van der Waals surface area contributed by atoms with Gasteiger partial charge in [0.05, 0.1) is 9.60 Å². The Kier molecular flexibility index (Phi) is 3.58. The van der Waals surface area contributed by atoms with Gasteiger partial charge in [0.25, 0.3) is 5.56 Å². The van der Waals surface area contributed by atoms with Crippen molar-refractivity contribution >= 4 is 39.1 Å². The van der Waals surface area contributed by atoms with Gasteiger partial charge >= 0.3 is 0 Å². The van der Waals surface area contributed by atoms with Gasteiger partial charge in [-0.2, -0.15) is 0 Å². The van der Waals surface area contributed by atoms with Crippen LogP contribution in [0.4, 0.5) is 0 Å². The number of hydrogen-bond donors (Lipinski definition) is 1. The molecule has 0 radical (unpaired) electrons. The van der Waals surface area contributed by atoms with E-state index in [1.165, 1.54) is 11.1 Å². The number of hydrogen-bond acceptors (Lipinski definition) is 5. The van der Waals surface area contributed by atoms with E-state index in [2.05, 4.69) is 9.97 Å². The lowest BCUT2D eigenvalue weighted by Gasteiger charge is -2.09. The Morgan fingerprint density at radius 2 is 2.22 bits per heavy atom. The highest BCUT2D eigenvalue weighted by Gasteiger charge is 2.20. The van der Waals surface area contributed by atoms with Gasteiger partial charge in [-0.1, -0.05) is 18.2 Å². The first-order valence-corrected chi connectivity index (χ1v) is 9.23. The van der Waals surface area contributed by atoms with E-state index in [9.17, 15) is 9.59 Å². The van der Waals surface area contributed by atoms with Crippen LogP contribution in [-0.4, -0.2) is 21.5 Å². The van der Waals surface area contributed by atoms with Crippen molar-refractivity contribution in [2.45, 2.75) is 24.0 Å². The Balaban J connectivity index is 1.91. The van der Waals surface area contributed by atoms with Gasteiger partial charge in [-0.3, -0.25) is 9.59 Å². The molecule has 3 heterocycles. The molecule has 1 aliphatic heterocycles. The molecule has 0 amide bonds. The highest BCUT2D eigenvalue weighted by molar-refractivity contribution is 8.01. The van der Waals surface area contributed by atoms with Crippen LogP contribution in [-0.2, 0) is 6.42 Å². The lowest BCUT2D eigenvalue weighted by Crippen LogP contribution is -2.10. The summed E-state index contributed by atoms with van der Waals surface area (Å²) in [6, 6.07) is 7.21. The Morgan fingerprint density at radius 3 is 3.04 bits per heavy atom. The topological polar surface area (TPSA) is 62.8 Å². The van der Waals surface area contributed by atoms with Crippen LogP contribution < -0.4 is 5.56 Å². The molecule has 0 atom stereocenters. The number of ketones is 1. The normalized spacial score (nSPS) is 14.0. The summed E-state index contributed by atoms with van der Waals surface area (Å²) in [6.07, 6.45) is 2.05. The van der Waals surface area contributed by atoms with Gasteiger partial charge in [0.2, 0.25) is 0 Å². The van der Waals surface area contributed by atoms with Gasteiger partial charge < -0.3 is 4.98 Å². The SMILES string of the molecule is CC(=O)c1cccc(-c2nc3sc4c(c3c(=O)[nH]2)CCCS4)c1. The standard InChI is InChI=1S/C17H14N2O2S2/c1-9(20)10-4-2-5-11(8-10)14-18-15(21)13-12-6-3-7-22-17(12)23-16(13)19-14/h2,4-5,8H,3,6-7H2,1H3,(H,18,19,21). The maximum Gasteiger partial charge on any atom is 0.260 e. The molecule has 0 aliphatic carbocycles. The number of aromatic nitrogens is 2. The molecule has 0 fully saturated rings. The zero-order valence-corrected chi connectivity index (χ0v) is 14.1. The van der Waals surface area contributed by atoms with Gasteiger partial charge in [0.1, 0.15) is 10.7 Å². The fraction of sp³-hybridized carbons (Fsp3) is 0.235. The molecule has 0 saturated heterocycles. The zero-order valence-electron chi connectivity index (χ0n) is 12.5. The molecule has 0 saturated carbocycles. The summed E-state index contributed by atoms with van der Waals surface area (Å²) in [5, 5.41) is 0.740. The number of carbonyl (C=O) groups is 1. The van der Waals surface area contributed by atoms with Crippen LogP contribution in [0.5, 0.6) is 0 Å². The Labute approximate surface area is 141 Å². The predicted molar refractivity (Wildman–Crippen MR) is 94.7 cm³/mol. The first-order chi connectivity index (χ1) is 11.1. The molecule has 3 aromatic rings. The number of carbonyl (C=O) groups excluding carboxylic acids is 1. The first kappa shape index (κ1) is 14.7. The van der Waals surface area contributed by atoms with Crippen LogP contribution >= 0.6 is 23.1 Å². The van der Waals surface area contributed by atoms with Gasteiger partial charge in [-0.25, -0.2) is 4.98 Å². The lowest BCUT2D eigenvalue weighted by atomic mass is 10.1. The smallest absolute Gasteiger partial charge is 0.260 e. The second-order valence-electron chi connectivity index (χ2n) is 5.55. The molecule has 0 spiro atoms. The van der Waals surface area contributed by atoms with Gasteiger partial charge in [-0.05, 0) is 37.1 Å². The van der Waals surface area contributed by atoms with Crippen molar-refractivity contribution in [3.05, 3.63) is 45.7 Å². The third-order valence-electron chi connectivity index (χ3n) is 3.97. The van der Waals surface area contributed by atoms with Crippen LogP contribution in [0.1, 0.15) is 29.3 Å². The molecule has 0 unspecified atom stereocenters. The van der Waals surface area contributed by atoms with Crippen molar-refractivity contribution < 1.29 is 4.79 Å². The molecule has 1 aliphatic rings. The maximum atomic E-state index is 12.6. The van der Waals surface area contributed by atoms with Crippen LogP contribution in [0, 0.1) is 0 Å². The average molecular weight is 342 g/mol. The summed E-state index contributed by atoms with van der Waals surface area (Å²) in [7, 11) is 0. The van der Waals surface area contributed by atoms with Gasteiger partial charge in [-0.15, -0.1) is 23.1 Å². The number of fused-ring (bicyclic) bond motifs is 3. The van der Waals surface area contributed by atoms with Crippen molar-refractivity contribution in [1.82, 2.24) is 9.97 Å². The minimum Gasteiger partial charge on any atom is -0.306 e. The van der Waals surface area contributed by atoms with Crippen LogP contribution in [0.3, 0.4) is 0 Å². The van der Waals surface area contributed by atoms with Crippen LogP contribution in [0.2, 0.25) is 0 Å². The third kappa shape index (κ3) is 2.52. The fourth-order valence-electron chi connectivity index (χ4n) is 2.82. The Morgan fingerprint density at radius 1 is 1.35 bits per heavy atom. The number of H-pyrrole nitrogens is 1. The summed E-state index contributed by atoms with van der Waals surface area (Å²) in [6.45, 7) is 1.53. The van der Waals surface area contributed by atoms with E-state index in [0.29, 0.717) is 11.4 Å². The second-order valence-corrected chi connectivity index (χ2v) is 7.91. The van der Waals surface area contributed by atoms with Gasteiger partial charge in [0.15, 0.2) is 5.78 Å². The van der Waals surface area contributed by atoms with E-state index >= 15 is 0 Å². The number of nitrogens with zero attached hydrogens (tertiary/aromatic N) is 1. The predicted octanol–water partition coefficient (Wildman–Crippen LogP) is 3.89. The molecule has 1 N–H and O–H groups in total. The summed E-state index contributed by atoms with van der Waals surface area (Å²) in [5.74, 6) is 1.62. The number of thioether (sulfide) groups is 1. The Hall–Kier alpha value is -1.92. The molecule has 4 rings (SSSR count). The highest BCUT2D eigenvalue weighted by Crippen LogP contribution is 2.40. The van der Waals surface area contributed by atoms with Gasteiger partial charge in [0, 0.05) is 11.1 Å². The number of aryl methyl sites for hydroxylation is 1. The van der Waals surface area contributed by atoms with Crippen molar-refractivity contribution in [1.29, 1.82) is 0 Å². The molecular formula is C17H14N2O2S2. The summed E-state index contributed by atoms with van der Waals surface area (Å²) in [5.41, 5.74) is 2.44. The Bertz CT molecular complexity index is 988. The van der Waals surface area contributed by atoms with E-state index < -0.39 is 0 Å². The summed E-state index contributed by atoms with van der Waals surface area (Å²) in [4.78, 5) is 32.4. The highest BCUT2D eigenvalue weighted by atomic mass is 32.2. The van der Waals surface area contributed by atoms with Crippen molar-refractivity contribution in [3.8, 4) is 11.4 Å². The van der Waals surface area contributed by atoms with E-state index in [4.69, 9.17) is 0 Å². The zero-order chi connectivity index (χ0) is 16.0. The van der Waals surface area contributed by atoms with E-state index in [1.807, 2.05) is 23.9 Å². The minimum atomic E-state index is -0.0850. The summed E-state index contributed by atoms with van der Waals surface area (Å²) < 4.78 is 1.22. The first-order valence-electron chi connectivity index (χ1n) is 7.43. The third-order valence-corrected chi connectivity index (χ3v) is 6.50. The largest absolute Gasteiger partial charge is 0.306 e. The number of benzene rings is 1. The van der Waals surface area contributed by atoms with Crippen LogP contribution in [0.15, 0.2) is 33.3 Å². The quantitative estimate of drug-likeness (QED) is 0.718. The van der Waals surface area contributed by atoms with Crippen molar-refractivity contribution in [2.75, 3.05) is 5.75 Å². The van der Waals surface area contributed by atoms with Crippen molar-refractivity contribution in [3.63, 3.8) is 0 Å². The molecule has 2 aromatic heterocycles. The number of Topliss-reactive ketones (excluding diaryl/α,β-unsaturated/α-hetero) is 1. The van der Waals surface area contributed by atoms with Crippen LogP contribution in [0.25, 0.3) is 21.6 Å². The maximum absolute atomic E-state index is 12.6. The molecule has 116 valence electrons. The molecule has 1 aromatic carbocycles. The lowest BCUT2D eigenvalue weighted by molar-refractivity contribution is 0.101. The van der Waals surface area contributed by atoms with Crippen molar-refractivity contribution in [2.24, 2.45) is 0 Å². The van der Waals surface area contributed by atoms with E-state index in [0.717, 1.165) is 39.9 Å². The molecule has 0 bridgehead atoms. The average Bonchev–Trinajstić information content (AvgIpc) is 2.93. The van der Waals surface area contributed by atoms with E-state index in [-0.39, 0.29) is 11.3 Å². The second kappa shape index (κ2) is 5.62. The minimum absolute atomic E-state index is 0.00161. The fourth-order valence-corrected chi connectivity index (χ4v) is 5.36. The summed E-state index contributed by atoms with van der Waals surface area (Å²) >= 11 is 3.41. The van der Waals surface area contributed by atoms with E-state index in [1.54, 1.807) is 23.5 Å².